The van der Waals surface area contributed by atoms with Gasteiger partial charge in [0.25, 0.3) is 5.91 Å². The van der Waals surface area contributed by atoms with Crippen LogP contribution < -0.4 is 5.32 Å². The molecule has 3 rings (SSSR count). The normalized spacial score (nSPS) is 10.3. The molecule has 0 saturated carbocycles. The van der Waals surface area contributed by atoms with Crippen molar-refractivity contribution in [1.82, 2.24) is 14.8 Å². The van der Waals surface area contributed by atoms with Gasteiger partial charge in [0.05, 0.1) is 5.69 Å². The molecule has 1 amide bonds. The van der Waals surface area contributed by atoms with E-state index >= 15 is 0 Å². The fraction of sp³-hybridized carbons (Fsp3) is 0. The molecule has 0 spiro atoms. The first-order valence-electron chi connectivity index (χ1n) is 6.24. The van der Waals surface area contributed by atoms with Gasteiger partial charge < -0.3 is 5.32 Å². The molecule has 1 aromatic heterocycles. The summed E-state index contributed by atoms with van der Waals surface area (Å²) < 4.78 is 1.62. The first kappa shape index (κ1) is 13.3. The molecule has 1 N–H and O–H groups in total. The van der Waals surface area contributed by atoms with Crippen molar-refractivity contribution in [2.24, 2.45) is 0 Å². The second kappa shape index (κ2) is 5.76. The maximum atomic E-state index is 12.1. The second-order valence-corrected chi connectivity index (χ2v) is 4.79. The minimum atomic E-state index is -0.192. The van der Waals surface area contributed by atoms with Crippen LogP contribution in [0.15, 0.2) is 61.2 Å². The van der Waals surface area contributed by atoms with Crippen LogP contribution in [-0.4, -0.2) is 20.7 Å². The summed E-state index contributed by atoms with van der Waals surface area (Å²) in [5.41, 5.74) is 2.05. The highest BCUT2D eigenvalue weighted by molar-refractivity contribution is 6.30. The van der Waals surface area contributed by atoms with E-state index < -0.39 is 0 Å². The fourth-order valence-corrected chi connectivity index (χ4v) is 2.07. The summed E-state index contributed by atoms with van der Waals surface area (Å²) in [5.74, 6) is -0.192. The Morgan fingerprint density at radius 3 is 2.62 bits per heavy atom. The number of rotatable bonds is 3. The van der Waals surface area contributed by atoms with Gasteiger partial charge in [-0.15, -0.1) is 0 Å². The molecule has 21 heavy (non-hydrogen) atoms. The fourth-order valence-electron chi connectivity index (χ4n) is 1.88. The molecular formula is C15H11ClN4O. The van der Waals surface area contributed by atoms with Crippen LogP contribution in [0.3, 0.4) is 0 Å². The van der Waals surface area contributed by atoms with Gasteiger partial charge >= 0.3 is 0 Å². The van der Waals surface area contributed by atoms with E-state index in [4.69, 9.17) is 11.6 Å². The van der Waals surface area contributed by atoms with Gasteiger partial charge in [0.1, 0.15) is 12.7 Å². The van der Waals surface area contributed by atoms with E-state index in [-0.39, 0.29) is 5.91 Å². The number of hydrogen-bond acceptors (Lipinski definition) is 3. The summed E-state index contributed by atoms with van der Waals surface area (Å²) in [5, 5.41) is 7.40. The van der Waals surface area contributed by atoms with E-state index in [1.165, 1.54) is 6.33 Å². The van der Waals surface area contributed by atoms with Crippen molar-refractivity contribution >= 4 is 23.2 Å². The zero-order valence-electron chi connectivity index (χ0n) is 10.9. The number of carbonyl (C=O) groups is 1. The second-order valence-electron chi connectivity index (χ2n) is 4.35. The molecule has 0 aliphatic rings. The van der Waals surface area contributed by atoms with Crippen LogP contribution >= 0.6 is 11.6 Å². The van der Waals surface area contributed by atoms with Crippen LogP contribution in [0.4, 0.5) is 5.69 Å². The predicted molar refractivity (Wildman–Crippen MR) is 80.8 cm³/mol. The lowest BCUT2D eigenvalue weighted by Gasteiger charge is -2.06. The summed E-state index contributed by atoms with van der Waals surface area (Å²) in [4.78, 5) is 16.0. The quantitative estimate of drug-likeness (QED) is 0.808. The van der Waals surface area contributed by atoms with Crippen molar-refractivity contribution in [2.75, 3.05) is 5.32 Å². The molecule has 3 aromatic rings. The molecule has 1 heterocycles. The van der Waals surface area contributed by atoms with Crippen molar-refractivity contribution < 1.29 is 4.79 Å². The molecule has 0 atom stereocenters. The lowest BCUT2D eigenvalue weighted by Crippen LogP contribution is -2.11. The van der Waals surface area contributed by atoms with Gasteiger partial charge in [-0.25, -0.2) is 9.67 Å². The van der Waals surface area contributed by atoms with Crippen molar-refractivity contribution in [3.8, 4) is 5.69 Å². The zero-order chi connectivity index (χ0) is 14.7. The van der Waals surface area contributed by atoms with Crippen LogP contribution in [0, 0.1) is 0 Å². The van der Waals surface area contributed by atoms with Gasteiger partial charge in [0.2, 0.25) is 0 Å². The third-order valence-corrected chi connectivity index (χ3v) is 3.13. The Morgan fingerprint density at radius 1 is 1.14 bits per heavy atom. The predicted octanol–water partition coefficient (Wildman–Crippen LogP) is 3.17. The van der Waals surface area contributed by atoms with Gasteiger partial charge in [-0.1, -0.05) is 17.7 Å². The Morgan fingerprint density at radius 2 is 1.95 bits per heavy atom. The standard InChI is InChI=1S/C15H11ClN4O/c16-12-2-1-3-13(8-12)19-15(21)11-4-6-14(7-5-11)20-10-17-9-18-20/h1-10H,(H,19,21). The van der Waals surface area contributed by atoms with Gasteiger partial charge in [0, 0.05) is 16.3 Å². The van der Waals surface area contributed by atoms with E-state index in [2.05, 4.69) is 15.4 Å². The Labute approximate surface area is 126 Å². The highest BCUT2D eigenvalue weighted by Crippen LogP contribution is 2.16. The third-order valence-electron chi connectivity index (χ3n) is 2.90. The first-order chi connectivity index (χ1) is 10.2. The molecule has 0 aliphatic carbocycles. The highest BCUT2D eigenvalue weighted by Gasteiger charge is 2.07. The van der Waals surface area contributed by atoms with Crippen LogP contribution in [0.2, 0.25) is 5.02 Å². The van der Waals surface area contributed by atoms with Gasteiger partial charge in [-0.3, -0.25) is 4.79 Å². The summed E-state index contributed by atoms with van der Waals surface area (Å²) in [7, 11) is 0. The largest absolute Gasteiger partial charge is 0.322 e. The average molecular weight is 299 g/mol. The molecule has 104 valence electrons. The number of nitrogens with one attached hydrogen (secondary N) is 1. The number of carbonyl (C=O) groups excluding carboxylic acids is 1. The Hall–Kier alpha value is -2.66. The molecule has 0 fully saturated rings. The lowest BCUT2D eigenvalue weighted by molar-refractivity contribution is 0.102. The maximum Gasteiger partial charge on any atom is 0.255 e. The number of hydrogen-bond donors (Lipinski definition) is 1. The van der Waals surface area contributed by atoms with Gasteiger partial charge in [-0.05, 0) is 42.5 Å². The zero-order valence-corrected chi connectivity index (χ0v) is 11.7. The van der Waals surface area contributed by atoms with Crippen LogP contribution in [0.1, 0.15) is 10.4 Å². The summed E-state index contributed by atoms with van der Waals surface area (Å²) in [6.45, 7) is 0. The summed E-state index contributed by atoms with van der Waals surface area (Å²) in [6, 6.07) is 14.1. The number of halogens is 1. The third kappa shape index (κ3) is 3.09. The molecule has 0 radical (unpaired) electrons. The Kier molecular flexibility index (Phi) is 3.66. The van der Waals surface area contributed by atoms with Crippen molar-refractivity contribution in [3.63, 3.8) is 0 Å². The molecule has 0 bridgehead atoms. The topological polar surface area (TPSA) is 59.8 Å². The number of benzene rings is 2. The van der Waals surface area contributed by atoms with Crippen LogP contribution in [0.25, 0.3) is 5.69 Å². The molecule has 0 saturated heterocycles. The SMILES string of the molecule is O=C(Nc1cccc(Cl)c1)c1ccc(-n2cncn2)cc1. The van der Waals surface area contributed by atoms with Crippen LogP contribution in [0.5, 0.6) is 0 Å². The monoisotopic (exact) mass is 298 g/mol. The molecule has 0 aliphatic heterocycles. The molecular weight excluding hydrogens is 288 g/mol. The Balaban J connectivity index is 1.76. The smallest absolute Gasteiger partial charge is 0.255 e. The first-order valence-corrected chi connectivity index (χ1v) is 6.62. The van der Waals surface area contributed by atoms with Gasteiger partial charge in [0.15, 0.2) is 0 Å². The lowest BCUT2D eigenvalue weighted by atomic mass is 10.2. The minimum Gasteiger partial charge on any atom is -0.322 e. The Bertz CT molecular complexity index is 754. The molecule has 2 aromatic carbocycles. The van der Waals surface area contributed by atoms with E-state index in [0.29, 0.717) is 16.3 Å². The van der Waals surface area contributed by atoms with Crippen molar-refractivity contribution in [1.29, 1.82) is 0 Å². The molecule has 0 unspecified atom stereocenters. The number of nitrogens with zero attached hydrogens (tertiary/aromatic N) is 3. The van der Waals surface area contributed by atoms with Gasteiger partial charge in [-0.2, -0.15) is 5.10 Å². The average Bonchev–Trinajstić information content (AvgIpc) is 3.01. The summed E-state index contributed by atoms with van der Waals surface area (Å²) >= 11 is 5.89. The maximum absolute atomic E-state index is 12.1. The van der Waals surface area contributed by atoms with E-state index in [0.717, 1.165) is 5.69 Å². The summed E-state index contributed by atoms with van der Waals surface area (Å²) in [6.07, 6.45) is 3.06. The highest BCUT2D eigenvalue weighted by atomic mass is 35.5. The van der Waals surface area contributed by atoms with E-state index in [1.54, 1.807) is 47.4 Å². The van der Waals surface area contributed by atoms with Crippen molar-refractivity contribution in [3.05, 3.63) is 71.8 Å². The van der Waals surface area contributed by atoms with E-state index in [1.807, 2.05) is 12.1 Å². The number of aromatic nitrogens is 3. The van der Waals surface area contributed by atoms with Crippen molar-refractivity contribution in [2.45, 2.75) is 0 Å². The van der Waals surface area contributed by atoms with E-state index in [9.17, 15) is 4.79 Å². The molecule has 6 heteroatoms. The minimum absolute atomic E-state index is 0.192. The van der Waals surface area contributed by atoms with Crippen LogP contribution in [-0.2, 0) is 0 Å². The molecule has 5 nitrogen and oxygen atoms in total. The number of anilines is 1. The number of amides is 1.